The van der Waals surface area contributed by atoms with Crippen molar-refractivity contribution in [3.63, 3.8) is 0 Å². The summed E-state index contributed by atoms with van der Waals surface area (Å²) in [5.74, 6) is 0. The van der Waals surface area contributed by atoms with Gasteiger partial charge in [0.1, 0.15) is 0 Å². The minimum atomic E-state index is -0.654. The van der Waals surface area contributed by atoms with Crippen molar-refractivity contribution in [1.82, 2.24) is 10.3 Å². The van der Waals surface area contributed by atoms with Gasteiger partial charge in [0.2, 0.25) is 0 Å². The normalized spacial score (nSPS) is 12.6. The average Bonchev–Trinajstić information content (AvgIpc) is 2.75. The van der Waals surface area contributed by atoms with Crippen LogP contribution in [0, 0.1) is 6.92 Å². The number of aliphatic hydroxyl groups excluding tert-OH is 1. The van der Waals surface area contributed by atoms with Gasteiger partial charge in [0, 0.05) is 39.8 Å². The van der Waals surface area contributed by atoms with Crippen molar-refractivity contribution in [2.45, 2.75) is 19.6 Å². The van der Waals surface area contributed by atoms with Crippen LogP contribution in [0.15, 0.2) is 24.4 Å². The topological polar surface area (TPSA) is 45.2 Å². The van der Waals surface area contributed by atoms with Crippen molar-refractivity contribution < 1.29 is 5.11 Å². The molecule has 0 fully saturated rings. The van der Waals surface area contributed by atoms with Gasteiger partial charge < -0.3 is 10.4 Å². The van der Waals surface area contributed by atoms with Crippen molar-refractivity contribution in [1.29, 1.82) is 0 Å². The van der Waals surface area contributed by atoms with Crippen molar-refractivity contribution in [3.05, 3.63) is 49.9 Å². The number of nitrogens with one attached hydrogen (secondary N) is 1. The highest BCUT2D eigenvalue weighted by atomic mass is 35.5. The monoisotopic (exact) mass is 316 g/mol. The van der Waals surface area contributed by atoms with E-state index in [9.17, 15) is 5.11 Å². The molecule has 6 heteroatoms. The Kier molecular flexibility index (Phi) is 5.19. The van der Waals surface area contributed by atoms with Crippen LogP contribution in [0.1, 0.15) is 21.6 Å². The Morgan fingerprint density at radius 1 is 1.42 bits per heavy atom. The molecule has 2 N–H and O–H groups in total. The first-order valence-corrected chi connectivity index (χ1v) is 7.38. The second-order valence-corrected chi connectivity index (χ2v) is 6.32. The molecule has 0 radical (unpaired) electrons. The van der Waals surface area contributed by atoms with Crippen LogP contribution >= 0.6 is 34.5 Å². The lowest BCUT2D eigenvalue weighted by Gasteiger charge is -2.13. The van der Waals surface area contributed by atoms with Crippen LogP contribution in [0.4, 0.5) is 0 Å². The fourth-order valence-corrected chi connectivity index (χ4v) is 3.00. The van der Waals surface area contributed by atoms with Gasteiger partial charge in [-0.1, -0.05) is 29.3 Å². The summed E-state index contributed by atoms with van der Waals surface area (Å²) < 4.78 is 0. The zero-order valence-electron chi connectivity index (χ0n) is 10.4. The number of aromatic nitrogens is 1. The lowest BCUT2D eigenvalue weighted by molar-refractivity contribution is 0.174. The second kappa shape index (κ2) is 6.68. The van der Waals surface area contributed by atoms with Crippen molar-refractivity contribution in [2.24, 2.45) is 0 Å². The van der Waals surface area contributed by atoms with Gasteiger partial charge in [0.15, 0.2) is 0 Å². The molecule has 1 unspecified atom stereocenters. The summed E-state index contributed by atoms with van der Waals surface area (Å²) in [6.07, 6.45) is 1.19. The molecule has 1 atom stereocenters. The lowest BCUT2D eigenvalue weighted by Crippen LogP contribution is -2.20. The Hall–Kier alpha value is -0.650. The lowest BCUT2D eigenvalue weighted by atomic mass is 10.1. The maximum Gasteiger partial charge on any atom is 0.0928 e. The maximum atomic E-state index is 10.1. The van der Waals surface area contributed by atoms with Crippen LogP contribution < -0.4 is 5.32 Å². The molecule has 0 aliphatic heterocycles. The van der Waals surface area contributed by atoms with E-state index in [2.05, 4.69) is 10.3 Å². The maximum absolute atomic E-state index is 10.1. The first-order valence-electron chi connectivity index (χ1n) is 5.81. The van der Waals surface area contributed by atoms with E-state index in [0.29, 0.717) is 28.7 Å². The van der Waals surface area contributed by atoms with Gasteiger partial charge in [-0.05, 0) is 19.1 Å². The number of rotatable bonds is 5. The minimum absolute atomic E-state index is 0.429. The highest BCUT2D eigenvalue weighted by Crippen LogP contribution is 2.26. The molecule has 1 aromatic carbocycles. The zero-order chi connectivity index (χ0) is 13.8. The third-order valence-corrected chi connectivity index (χ3v) is 4.10. The van der Waals surface area contributed by atoms with Crippen LogP contribution in [-0.4, -0.2) is 16.6 Å². The Bertz CT molecular complexity index is 559. The van der Waals surface area contributed by atoms with E-state index in [-0.39, 0.29) is 0 Å². The van der Waals surface area contributed by atoms with Gasteiger partial charge in [0.05, 0.1) is 11.1 Å². The summed E-state index contributed by atoms with van der Waals surface area (Å²) in [5, 5.41) is 15.3. The Labute approximate surface area is 126 Å². The first-order chi connectivity index (χ1) is 9.06. The van der Waals surface area contributed by atoms with Crippen molar-refractivity contribution in [2.75, 3.05) is 6.54 Å². The van der Waals surface area contributed by atoms with Crippen LogP contribution in [-0.2, 0) is 6.54 Å². The van der Waals surface area contributed by atoms with E-state index in [0.717, 1.165) is 9.88 Å². The second-order valence-electron chi connectivity index (χ2n) is 4.16. The number of benzene rings is 1. The fourth-order valence-electron chi connectivity index (χ4n) is 1.70. The smallest absolute Gasteiger partial charge is 0.0928 e. The Morgan fingerprint density at radius 3 is 2.84 bits per heavy atom. The van der Waals surface area contributed by atoms with Crippen LogP contribution in [0.3, 0.4) is 0 Å². The molecule has 19 heavy (non-hydrogen) atoms. The average molecular weight is 317 g/mol. The van der Waals surface area contributed by atoms with Crippen molar-refractivity contribution >= 4 is 34.5 Å². The van der Waals surface area contributed by atoms with E-state index >= 15 is 0 Å². The zero-order valence-corrected chi connectivity index (χ0v) is 12.7. The molecule has 0 bridgehead atoms. The molecule has 2 rings (SSSR count). The number of hydrogen-bond donors (Lipinski definition) is 2. The van der Waals surface area contributed by atoms with Crippen LogP contribution in [0.5, 0.6) is 0 Å². The number of halogens is 2. The van der Waals surface area contributed by atoms with Gasteiger partial charge in [-0.15, -0.1) is 11.3 Å². The highest BCUT2D eigenvalue weighted by Gasteiger charge is 2.11. The van der Waals surface area contributed by atoms with Gasteiger partial charge in [-0.25, -0.2) is 4.98 Å². The molecule has 3 nitrogen and oxygen atoms in total. The predicted molar refractivity (Wildman–Crippen MR) is 80.0 cm³/mol. The summed E-state index contributed by atoms with van der Waals surface area (Å²) in [6, 6.07) is 5.10. The van der Waals surface area contributed by atoms with Gasteiger partial charge in [-0.2, -0.15) is 0 Å². The van der Waals surface area contributed by atoms with Gasteiger partial charge >= 0.3 is 0 Å². The van der Waals surface area contributed by atoms with Crippen LogP contribution in [0.25, 0.3) is 0 Å². The first kappa shape index (κ1) is 14.8. The van der Waals surface area contributed by atoms with E-state index in [1.807, 2.05) is 13.1 Å². The van der Waals surface area contributed by atoms with Crippen LogP contribution in [0.2, 0.25) is 10.0 Å². The molecule has 0 aliphatic carbocycles. The number of aliphatic hydroxyl groups is 1. The minimum Gasteiger partial charge on any atom is -0.387 e. The van der Waals surface area contributed by atoms with E-state index in [1.165, 1.54) is 0 Å². The summed E-state index contributed by atoms with van der Waals surface area (Å²) >= 11 is 13.5. The third-order valence-electron chi connectivity index (χ3n) is 2.63. The number of thiazole rings is 1. The fraction of sp³-hybridized carbons (Fsp3) is 0.308. The van der Waals surface area contributed by atoms with Gasteiger partial charge in [-0.3, -0.25) is 0 Å². The molecular weight excluding hydrogens is 303 g/mol. The largest absolute Gasteiger partial charge is 0.387 e. The molecule has 0 aliphatic rings. The molecule has 0 saturated carbocycles. The summed E-state index contributed by atoms with van der Waals surface area (Å²) in [7, 11) is 0. The van der Waals surface area contributed by atoms with E-state index in [4.69, 9.17) is 23.2 Å². The summed E-state index contributed by atoms with van der Waals surface area (Å²) in [6.45, 7) is 3.09. The number of nitrogens with zero attached hydrogens (tertiary/aromatic N) is 1. The molecule has 0 amide bonds. The van der Waals surface area contributed by atoms with Gasteiger partial charge in [0.25, 0.3) is 0 Å². The predicted octanol–water partition coefficient (Wildman–Crippen LogP) is 3.58. The summed E-state index contributed by atoms with van der Waals surface area (Å²) in [4.78, 5) is 5.32. The van der Waals surface area contributed by atoms with E-state index < -0.39 is 6.10 Å². The Balaban J connectivity index is 1.88. The molecule has 1 heterocycles. The molecule has 102 valence electrons. The quantitative estimate of drug-likeness (QED) is 0.886. The molecule has 0 saturated heterocycles. The standard InChI is InChI=1S/C13H14Cl2N2OS/c1-8-17-6-10(19-8)5-16-7-13(18)11-3-2-9(14)4-12(11)15/h2-4,6,13,16,18H,5,7H2,1H3. The highest BCUT2D eigenvalue weighted by molar-refractivity contribution is 7.11. The molecule has 2 aromatic rings. The Morgan fingerprint density at radius 2 is 2.21 bits per heavy atom. The molecular formula is C13H14Cl2N2OS. The summed E-state index contributed by atoms with van der Waals surface area (Å²) in [5.41, 5.74) is 0.680. The van der Waals surface area contributed by atoms with Crippen molar-refractivity contribution in [3.8, 4) is 0 Å². The van der Waals surface area contributed by atoms with E-state index in [1.54, 1.807) is 29.5 Å². The molecule has 0 spiro atoms. The SMILES string of the molecule is Cc1ncc(CNCC(O)c2ccc(Cl)cc2Cl)s1. The number of hydrogen-bond acceptors (Lipinski definition) is 4. The number of aryl methyl sites for hydroxylation is 1. The molecule has 1 aromatic heterocycles. The third kappa shape index (κ3) is 4.16.